The van der Waals surface area contributed by atoms with Crippen LogP contribution in [-0.4, -0.2) is 49.6 Å². The molecule has 2 saturated carbocycles. The Balaban J connectivity index is 1.19. The van der Waals surface area contributed by atoms with Gasteiger partial charge >= 0.3 is 0 Å². The van der Waals surface area contributed by atoms with Crippen molar-refractivity contribution >= 4 is 39.8 Å². The molecule has 3 aromatic heterocycles. The smallest absolute Gasteiger partial charge is 0.257 e. The van der Waals surface area contributed by atoms with E-state index in [2.05, 4.69) is 30.4 Å². The van der Waals surface area contributed by atoms with Crippen LogP contribution < -0.4 is 10.6 Å². The van der Waals surface area contributed by atoms with Gasteiger partial charge in [0.25, 0.3) is 5.91 Å². The number of nitrogens with one attached hydrogen (secondary N) is 2. The molecule has 2 amide bonds. The summed E-state index contributed by atoms with van der Waals surface area (Å²) in [7, 11) is 0. The summed E-state index contributed by atoms with van der Waals surface area (Å²) in [6, 6.07) is 3.94. The van der Waals surface area contributed by atoms with Crippen molar-refractivity contribution in [2.24, 2.45) is 11.3 Å². The number of amides is 2. The second-order valence-electron chi connectivity index (χ2n) is 10.8. The van der Waals surface area contributed by atoms with Gasteiger partial charge in [-0.25, -0.2) is 0 Å². The van der Waals surface area contributed by atoms with Crippen molar-refractivity contribution in [3.8, 4) is 0 Å². The van der Waals surface area contributed by atoms with E-state index in [4.69, 9.17) is 0 Å². The van der Waals surface area contributed by atoms with Crippen molar-refractivity contribution in [2.75, 3.05) is 23.7 Å². The maximum Gasteiger partial charge on any atom is 0.257 e. The lowest BCUT2D eigenvalue weighted by atomic mass is 9.90. The molecule has 9 nitrogen and oxygen atoms in total. The van der Waals surface area contributed by atoms with Gasteiger partial charge in [0.2, 0.25) is 11.9 Å². The van der Waals surface area contributed by atoms with E-state index in [9.17, 15) is 9.59 Å². The predicted octanol–water partition coefficient (Wildman–Crippen LogP) is 4.18. The van der Waals surface area contributed by atoms with Gasteiger partial charge in [-0.2, -0.15) is 0 Å². The molecule has 186 valence electrons. The molecular weight excluding hydrogens is 474 g/mol. The lowest BCUT2D eigenvalue weighted by Gasteiger charge is -2.26. The Bertz CT molecular complexity index is 1330. The van der Waals surface area contributed by atoms with Crippen LogP contribution >= 0.6 is 11.3 Å². The molecule has 3 aromatic rings. The molecule has 4 heterocycles. The Kier molecular flexibility index (Phi) is 5.13. The number of carbonyl (C=O) groups excluding carboxylic acids is 2. The van der Waals surface area contributed by atoms with Crippen LogP contribution in [0.25, 0.3) is 0 Å². The first-order valence-electron chi connectivity index (χ1n) is 12.9. The number of aryl methyl sites for hydroxylation is 1. The predicted molar refractivity (Wildman–Crippen MR) is 136 cm³/mol. The van der Waals surface area contributed by atoms with E-state index >= 15 is 0 Å². The van der Waals surface area contributed by atoms with Gasteiger partial charge in [0.1, 0.15) is 11.3 Å². The highest BCUT2D eigenvalue weighted by Crippen LogP contribution is 2.53. The minimum absolute atomic E-state index is 0.0565. The number of nitrogens with zero attached hydrogens (tertiary/aromatic N) is 5. The molecule has 0 bridgehead atoms. The highest BCUT2D eigenvalue weighted by atomic mass is 32.1. The summed E-state index contributed by atoms with van der Waals surface area (Å²) in [5.41, 5.74) is 3.02. The van der Waals surface area contributed by atoms with E-state index in [1.807, 2.05) is 17.0 Å². The van der Waals surface area contributed by atoms with E-state index in [-0.39, 0.29) is 23.8 Å². The Morgan fingerprint density at radius 3 is 2.81 bits per heavy atom. The number of hydrogen-bond donors (Lipinski definition) is 2. The molecule has 7 rings (SSSR count). The van der Waals surface area contributed by atoms with Crippen LogP contribution in [0.15, 0.2) is 30.9 Å². The lowest BCUT2D eigenvalue weighted by Crippen LogP contribution is -2.31. The molecule has 3 aliphatic carbocycles. The van der Waals surface area contributed by atoms with Crippen molar-refractivity contribution in [2.45, 2.75) is 57.4 Å². The van der Waals surface area contributed by atoms with Gasteiger partial charge in [-0.3, -0.25) is 19.1 Å². The van der Waals surface area contributed by atoms with Crippen LogP contribution in [0.5, 0.6) is 0 Å². The summed E-state index contributed by atoms with van der Waals surface area (Å²) in [4.78, 5) is 34.0. The number of hydrogen-bond acceptors (Lipinski definition) is 7. The number of anilines is 3. The van der Waals surface area contributed by atoms with E-state index in [0.717, 1.165) is 67.0 Å². The Morgan fingerprint density at radius 2 is 2.06 bits per heavy atom. The zero-order chi connectivity index (χ0) is 24.3. The highest BCUT2D eigenvalue weighted by Gasteiger charge is 2.49. The van der Waals surface area contributed by atoms with Gasteiger partial charge in [0.05, 0.1) is 17.4 Å². The number of rotatable bonds is 6. The molecule has 36 heavy (non-hydrogen) atoms. The fourth-order valence-corrected chi connectivity index (χ4v) is 6.93. The third-order valence-electron chi connectivity index (χ3n) is 8.20. The van der Waals surface area contributed by atoms with Crippen molar-refractivity contribution in [1.29, 1.82) is 0 Å². The minimum Gasteiger partial charge on any atom is -0.338 e. The first-order chi connectivity index (χ1) is 17.6. The number of likely N-dealkylation sites (tertiary alicyclic amines) is 1. The molecule has 1 atom stereocenters. The third-order valence-corrected chi connectivity index (χ3v) is 9.41. The van der Waals surface area contributed by atoms with E-state index in [1.165, 1.54) is 17.7 Å². The lowest BCUT2D eigenvalue weighted by molar-refractivity contribution is -0.117. The fraction of sp³-hybridized carbons (Fsp3) is 0.500. The summed E-state index contributed by atoms with van der Waals surface area (Å²) < 4.78 is 2.07. The van der Waals surface area contributed by atoms with Gasteiger partial charge in [0.15, 0.2) is 0 Å². The number of pyridine rings is 1. The van der Waals surface area contributed by atoms with Gasteiger partial charge in [-0.05, 0) is 74.5 Å². The topological polar surface area (TPSA) is 105 Å². The van der Waals surface area contributed by atoms with Crippen LogP contribution in [0.4, 0.5) is 16.6 Å². The Morgan fingerprint density at radius 1 is 1.17 bits per heavy atom. The fourth-order valence-electron chi connectivity index (χ4n) is 5.69. The molecular formula is C26H29N7O2S. The van der Waals surface area contributed by atoms with E-state index < -0.39 is 0 Å². The number of fused-ring (bicyclic) bond motifs is 1. The molecule has 1 saturated heterocycles. The number of carbonyl (C=O) groups is 2. The molecule has 10 heteroatoms. The average molecular weight is 504 g/mol. The third kappa shape index (κ3) is 3.97. The number of aromatic nitrogens is 4. The molecule has 2 N–H and O–H groups in total. The van der Waals surface area contributed by atoms with Crippen LogP contribution in [0.1, 0.15) is 65.4 Å². The van der Waals surface area contributed by atoms with E-state index in [1.54, 1.807) is 30.1 Å². The van der Waals surface area contributed by atoms with Crippen molar-refractivity contribution in [3.63, 3.8) is 0 Å². The Labute approximate surface area is 213 Å². The zero-order valence-corrected chi connectivity index (χ0v) is 20.9. The second kappa shape index (κ2) is 8.40. The van der Waals surface area contributed by atoms with Crippen molar-refractivity contribution in [1.82, 2.24) is 24.6 Å². The first kappa shape index (κ1) is 22.0. The summed E-state index contributed by atoms with van der Waals surface area (Å²) in [5.74, 6) is 0.901. The van der Waals surface area contributed by atoms with Crippen LogP contribution in [0.3, 0.4) is 0 Å². The zero-order valence-electron chi connectivity index (χ0n) is 20.1. The molecule has 1 aliphatic heterocycles. The average Bonchev–Trinajstić information content (AvgIpc) is 3.74. The summed E-state index contributed by atoms with van der Waals surface area (Å²) in [6.07, 6.45) is 13.2. The minimum atomic E-state index is 0.0565. The summed E-state index contributed by atoms with van der Waals surface area (Å²) in [6.45, 7) is 1.66. The van der Waals surface area contributed by atoms with Gasteiger partial charge in [-0.1, -0.05) is 0 Å². The van der Waals surface area contributed by atoms with Crippen LogP contribution in [-0.2, 0) is 17.6 Å². The largest absolute Gasteiger partial charge is 0.338 e. The second-order valence-corrected chi connectivity index (χ2v) is 11.9. The normalized spacial score (nSPS) is 21.9. The highest BCUT2D eigenvalue weighted by molar-refractivity contribution is 7.17. The molecule has 0 radical (unpaired) electrons. The first-order valence-corrected chi connectivity index (χ1v) is 13.7. The van der Waals surface area contributed by atoms with Crippen LogP contribution in [0, 0.1) is 11.3 Å². The van der Waals surface area contributed by atoms with Gasteiger partial charge in [0, 0.05) is 36.1 Å². The standard InChI is InChI=1S/C26H29N7O2S/c34-22(16-3-4-16)30-23-21(24(35)32-11-9-26(14-32)7-8-26)19-12-18(5-6-20(19)36-23)33-15-28-31-25(33)29-17-2-1-10-27-13-17/h1-2,10,13,15-16,18H,3-9,11-12,14H2,(H,29,31)(H,30,34)/t18-/m0/s1. The Hall–Kier alpha value is -3.27. The molecule has 4 aliphatic rings. The van der Waals surface area contributed by atoms with Gasteiger partial charge < -0.3 is 15.5 Å². The SMILES string of the molecule is O=C(Nc1sc2c(c1C(=O)N1CCC3(CC3)C1)C[C@@H](n1cnnc1Nc1cccnc1)CC2)C1CC1. The van der Waals surface area contributed by atoms with E-state index in [0.29, 0.717) is 17.8 Å². The maximum absolute atomic E-state index is 13.9. The van der Waals surface area contributed by atoms with Crippen molar-refractivity contribution in [3.05, 3.63) is 46.9 Å². The molecule has 3 fully saturated rings. The number of thiophene rings is 1. The maximum atomic E-state index is 13.9. The monoisotopic (exact) mass is 503 g/mol. The molecule has 0 aromatic carbocycles. The summed E-state index contributed by atoms with van der Waals surface area (Å²) in [5, 5.41) is 15.7. The molecule has 1 spiro atoms. The van der Waals surface area contributed by atoms with Crippen LogP contribution in [0.2, 0.25) is 0 Å². The quantitative estimate of drug-likeness (QED) is 0.523. The van der Waals surface area contributed by atoms with Gasteiger partial charge in [-0.15, -0.1) is 21.5 Å². The summed E-state index contributed by atoms with van der Waals surface area (Å²) >= 11 is 1.60. The molecule has 0 unspecified atom stereocenters. The van der Waals surface area contributed by atoms with Crippen molar-refractivity contribution < 1.29 is 9.59 Å².